The maximum atomic E-state index is 13.2. The zero-order valence-corrected chi connectivity index (χ0v) is 10.7. The van der Waals surface area contributed by atoms with E-state index in [2.05, 4.69) is 0 Å². The summed E-state index contributed by atoms with van der Waals surface area (Å²) in [6, 6.07) is 0. The summed E-state index contributed by atoms with van der Waals surface area (Å²) in [7, 11) is 0. The minimum absolute atomic E-state index is 0.00891. The first-order valence-electron chi connectivity index (χ1n) is 7.20. The van der Waals surface area contributed by atoms with Gasteiger partial charge in [0.05, 0.1) is 11.7 Å². The lowest BCUT2D eigenvalue weighted by Crippen LogP contribution is -2.48. The second-order valence-corrected chi connectivity index (χ2v) is 6.49. The van der Waals surface area contributed by atoms with Crippen molar-refractivity contribution in [2.75, 3.05) is 6.61 Å². The van der Waals surface area contributed by atoms with E-state index < -0.39 is 12.0 Å². The molecule has 1 spiro atoms. The zero-order chi connectivity index (χ0) is 12.8. The van der Waals surface area contributed by atoms with Crippen molar-refractivity contribution in [3.05, 3.63) is 0 Å². The van der Waals surface area contributed by atoms with Gasteiger partial charge in [0, 0.05) is 19.4 Å². The summed E-state index contributed by atoms with van der Waals surface area (Å²) in [5.41, 5.74) is -0.00891. The highest BCUT2D eigenvalue weighted by Gasteiger charge is 2.48. The Hall–Kier alpha value is -0.220. The summed E-state index contributed by atoms with van der Waals surface area (Å²) in [4.78, 5) is 0. The number of ether oxygens (including phenoxy) is 1. The number of aliphatic hydroxyl groups excluding tert-OH is 1. The van der Waals surface area contributed by atoms with Crippen LogP contribution in [0.5, 0.6) is 0 Å². The van der Waals surface area contributed by atoms with Crippen LogP contribution in [0.15, 0.2) is 0 Å². The highest BCUT2D eigenvalue weighted by atomic mass is 19.3. The number of rotatable bonds is 2. The average molecular weight is 260 g/mol. The van der Waals surface area contributed by atoms with Crippen molar-refractivity contribution in [2.45, 2.75) is 69.0 Å². The molecule has 3 unspecified atom stereocenters. The van der Waals surface area contributed by atoms with Crippen LogP contribution in [-0.4, -0.2) is 29.3 Å². The molecule has 0 bridgehead atoms. The minimum atomic E-state index is -2.55. The quantitative estimate of drug-likeness (QED) is 0.826. The van der Waals surface area contributed by atoms with Crippen LogP contribution < -0.4 is 0 Å². The van der Waals surface area contributed by atoms with Crippen molar-refractivity contribution in [1.29, 1.82) is 0 Å². The van der Waals surface area contributed by atoms with Crippen molar-refractivity contribution < 1.29 is 18.6 Å². The third kappa shape index (κ3) is 2.29. The summed E-state index contributed by atoms with van der Waals surface area (Å²) >= 11 is 0. The fourth-order valence-electron chi connectivity index (χ4n) is 3.94. The molecule has 3 rings (SSSR count). The number of halogens is 2. The third-order valence-electron chi connectivity index (χ3n) is 5.20. The Morgan fingerprint density at radius 1 is 1.06 bits per heavy atom. The number of aliphatic hydroxyl groups is 1. The summed E-state index contributed by atoms with van der Waals surface area (Å²) in [5.74, 6) is -2.59. The Kier molecular flexibility index (Phi) is 3.14. The Balaban J connectivity index is 1.60. The van der Waals surface area contributed by atoms with Crippen LogP contribution in [0.3, 0.4) is 0 Å². The highest BCUT2D eigenvalue weighted by Crippen LogP contribution is 2.48. The third-order valence-corrected chi connectivity index (χ3v) is 5.20. The predicted octanol–water partition coefficient (Wildman–Crippen LogP) is 3.13. The first-order valence-corrected chi connectivity index (χ1v) is 7.20. The standard InChI is InChI=1S/C14H22F2O2/c15-14(16)6-2-10(9-14)12(17)11-3-7-18-13(8-11)4-1-5-13/h10-12,17H,1-9H2. The molecule has 3 aliphatic rings. The molecule has 1 saturated heterocycles. The molecule has 3 atom stereocenters. The molecule has 0 amide bonds. The number of hydrogen-bond donors (Lipinski definition) is 1. The van der Waals surface area contributed by atoms with Gasteiger partial charge in [0.25, 0.3) is 0 Å². The van der Waals surface area contributed by atoms with Gasteiger partial charge in [0.1, 0.15) is 0 Å². The normalized spacial score (nSPS) is 39.5. The van der Waals surface area contributed by atoms with E-state index in [1.54, 1.807) is 0 Å². The average Bonchev–Trinajstić information content (AvgIpc) is 2.67. The van der Waals surface area contributed by atoms with E-state index in [-0.39, 0.29) is 30.3 Å². The van der Waals surface area contributed by atoms with E-state index in [1.165, 1.54) is 6.42 Å². The Labute approximate surface area is 107 Å². The van der Waals surface area contributed by atoms with E-state index >= 15 is 0 Å². The van der Waals surface area contributed by atoms with Gasteiger partial charge in [-0.1, -0.05) is 0 Å². The van der Waals surface area contributed by atoms with Crippen molar-refractivity contribution >= 4 is 0 Å². The van der Waals surface area contributed by atoms with Gasteiger partial charge in [0.2, 0.25) is 5.92 Å². The summed E-state index contributed by atoms with van der Waals surface area (Å²) in [5, 5.41) is 10.4. The number of hydrogen-bond acceptors (Lipinski definition) is 2. The largest absolute Gasteiger partial charge is 0.393 e. The Morgan fingerprint density at radius 3 is 2.33 bits per heavy atom. The SMILES string of the molecule is OC(C1CCC(F)(F)C1)C1CCOC2(CCC2)C1. The first kappa shape index (κ1) is 12.8. The van der Waals surface area contributed by atoms with E-state index in [9.17, 15) is 13.9 Å². The van der Waals surface area contributed by atoms with Crippen molar-refractivity contribution in [3.63, 3.8) is 0 Å². The molecule has 2 aliphatic carbocycles. The van der Waals surface area contributed by atoms with E-state index in [0.29, 0.717) is 13.0 Å². The van der Waals surface area contributed by atoms with E-state index in [4.69, 9.17) is 4.74 Å². The molecule has 0 radical (unpaired) electrons. The molecule has 104 valence electrons. The first-order chi connectivity index (χ1) is 8.50. The van der Waals surface area contributed by atoms with Gasteiger partial charge in [-0.05, 0) is 50.4 Å². The lowest BCUT2D eigenvalue weighted by Gasteiger charge is -2.48. The lowest BCUT2D eigenvalue weighted by atomic mass is 9.69. The van der Waals surface area contributed by atoms with Crippen LogP contribution >= 0.6 is 0 Å². The van der Waals surface area contributed by atoms with Crippen LogP contribution in [0, 0.1) is 11.8 Å². The topological polar surface area (TPSA) is 29.5 Å². The van der Waals surface area contributed by atoms with Gasteiger partial charge < -0.3 is 9.84 Å². The molecule has 0 aromatic carbocycles. The van der Waals surface area contributed by atoms with Gasteiger partial charge >= 0.3 is 0 Å². The van der Waals surface area contributed by atoms with Crippen LogP contribution in [0.4, 0.5) is 8.78 Å². The summed E-state index contributed by atoms with van der Waals surface area (Å²) in [6.45, 7) is 0.685. The monoisotopic (exact) mass is 260 g/mol. The molecular formula is C14H22F2O2. The van der Waals surface area contributed by atoms with Crippen molar-refractivity contribution in [1.82, 2.24) is 0 Å². The van der Waals surface area contributed by atoms with E-state index in [1.807, 2.05) is 0 Å². The molecule has 2 nitrogen and oxygen atoms in total. The number of alkyl halides is 2. The van der Waals surface area contributed by atoms with Crippen molar-refractivity contribution in [3.8, 4) is 0 Å². The maximum absolute atomic E-state index is 13.2. The predicted molar refractivity (Wildman–Crippen MR) is 63.6 cm³/mol. The molecule has 4 heteroatoms. The smallest absolute Gasteiger partial charge is 0.248 e. The van der Waals surface area contributed by atoms with Crippen LogP contribution in [0.1, 0.15) is 51.4 Å². The van der Waals surface area contributed by atoms with Gasteiger partial charge in [-0.3, -0.25) is 0 Å². The second-order valence-electron chi connectivity index (χ2n) is 6.49. The molecule has 2 saturated carbocycles. The Bertz CT molecular complexity index is 315. The molecule has 18 heavy (non-hydrogen) atoms. The maximum Gasteiger partial charge on any atom is 0.248 e. The summed E-state index contributed by atoms with van der Waals surface area (Å²) in [6.07, 6.45) is 4.79. The fourth-order valence-corrected chi connectivity index (χ4v) is 3.94. The molecule has 1 aliphatic heterocycles. The second kappa shape index (κ2) is 4.41. The summed E-state index contributed by atoms with van der Waals surface area (Å²) < 4.78 is 32.3. The van der Waals surface area contributed by atoms with Gasteiger partial charge in [-0.2, -0.15) is 0 Å². The fraction of sp³-hybridized carbons (Fsp3) is 1.00. The van der Waals surface area contributed by atoms with Gasteiger partial charge in [-0.25, -0.2) is 8.78 Å². The lowest BCUT2D eigenvalue weighted by molar-refractivity contribution is -0.161. The van der Waals surface area contributed by atoms with Crippen molar-refractivity contribution in [2.24, 2.45) is 11.8 Å². The zero-order valence-electron chi connectivity index (χ0n) is 10.7. The molecule has 0 aromatic heterocycles. The highest BCUT2D eigenvalue weighted by molar-refractivity contribution is 4.97. The molecular weight excluding hydrogens is 238 g/mol. The van der Waals surface area contributed by atoms with Crippen LogP contribution in [0.25, 0.3) is 0 Å². The van der Waals surface area contributed by atoms with Crippen LogP contribution in [-0.2, 0) is 4.74 Å². The molecule has 1 heterocycles. The minimum Gasteiger partial charge on any atom is -0.393 e. The van der Waals surface area contributed by atoms with Crippen LogP contribution in [0.2, 0.25) is 0 Å². The van der Waals surface area contributed by atoms with Gasteiger partial charge in [-0.15, -0.1) is 0 Å². The molecule has 1 N–H and O–H groups in total. The molecule has 3 fully saturated rings. The van der Waals surface area contributed by atoms with E-state index in [0.717, 1.165) is 25.7 Å². The molecule has 0 aromatic rings. The van der Waals surface area contributed by atoms with Gasteiger partial charge in [0.15, 0.2) is 0 Å². The Morgan fingerprint density at radius 2 is 1.78 bits per heavy atom.